The molecule has 0 atom stereocenters. The fourth-order valence-electron chi connectivity index (χ4n) is 2.66. The summed E-state index contributed by atoms with van der Waals surface area (Å²) in [6.07, 6.45) is -2.94. The maximum Gasteiger partial charge on any atom is 0.416 e. The van der Waals surface area contributed by atoms with Crippen LogP contribution in [0.25, 0.3) is 5.52 Å². The minimum absolute atomic E-state index is 0.0125. The van der Waals surface area contributed by atoms with Crippen LogP contribution in [-0.4, -0.2) is 27.2 Å². The highest BCUT2D eigenvalue weighted by Crippen LogP contribution is 2.30. The number of pyridine rings is 1. The molecule has 0 saturated carbocycles. The van der Waals surface area contributed by atoms with E-state index < -0.39 is 23.6 Å². The number of hydrogen-bond donors (Lipinski definition) is 2. The van der Waals surface area contributed by atoms with Gasteiger partial charge in [-0.1, -0.05) is 12.1 Å². The number of hydrogen-bond acceptors (Lipinski definition) is 3. The van der Waals surface area contributed by atoms with Crippen LogP contribution in [0.1, 0.15) is 40.5 Å². The number of rotatable bonds is 4. The van der Waals surface area contributed by atoms with Gasteiger partial charge in [-0.3, -0.25) is 14.0 Å². The maximum atomic E-state index is 12.9. The summed E-state index contributed by atoms with van der Waals surface area (Å²) >= 11 is 0. The number of carbonyl (C=O) groups is 2. The first kappa shape index (κ1) is 19.4. The first-order chi connectivity index (χ1) is 13.2. The molecule has 3 rings (SSSR count). The van der Waals surface area contributed by atoms with E-state index in [0.29, 0.717) is 5.52 Å². The van der Waals surface area contributed by atoms with Crippen molar-refractivity contribution >= 4 is 23.0 Å². The van der Waals surface area contributed by atoms with E-state index in [4.69, 9.17) is 0 Å². The molecule has 0 radical (unpaired) electrons. The van der Waals surface area contributed by atoms with Crippen LogP contribution < -0.4 is 10.6 Å². The highest BCUT2D eigenvalue weighted by Gasteiger charge is 2.30. The van der Waals surface area contributed by atoms with Gasteiger partial charge in [-0.05, 0) is 44.2 Å². The van der Waals surface area contributed by atoms with E-state index in [2.05, 4.69) is 15.6 Å². The quantitative estimate of drug-likeness (QED) is 0.713. The van der Waals surface area contributed by atoms with Gasteiger partial charge in [0.25, 0.3) is 11.8 Å². The highest BCUT2D eigenvalue weighted by atomic mass is 19.4. The number of halogens is 3. The number of amides is 2. The third kappa shape index (κ3) is 3.98. The van der Waals surface area contributed by atoms with Crippen LogP contribution in [-0.2, 0) is 6.18 Å². The van der Waals surface area contributed by atoms with Gasteiger partial charge in [0.15, 0.2) is 5.69 Å². The molecule has 9 heteroatoms. The lowest BCUT2D eigenvalue weighted by molar-refractivity contribution is -0.137. The summed E-state index contributed by atoms with van der Waals surface area (Å²) in [5.74, 6) is -1.17. The molecule has 0 aliphatic heterocycles. The predicted molar refractivity (Wildman–Crippen MR) is 97.2 cm³/mol. The molecule has 0 fully saturated rings. The lowest BCUT2D eigenvalue weighted by Gasteiger charge is -2.09. The van der Waals surface area contributed by atoms with Gasteiger partial charge >= 0.3 is 6.18 Å². The van der Waals surface area contributed by atoms with Crippen LogP contribution in [0.3, 0.4) is 0 Å². The zero-order valence-corrected chi connectivity index (χ0v) is 15.0. The van der Waals surface area contributed by atoms with Crippen molar-refractivity contribution in [1.82, 2.24) is 14.7 Å². The predicted octanol–water partition coefficient (Wildman–Crippen LogP) is 3.74. The molecular formula is C19H17F3N4O2. The Morgan fingerprint density at radius 1 is 1.07 bits per heavy atom. The van der Waals surface area contributed by atoms with Gasteiger partial charge in [0.1, 0.15) is 0 Å². The first-order valence-corrected chi connectivity index (χ1v) is 8.43. The summed E-state index contributed by atoms with van der Waals surface area (Å²) in [6.45, 7) is 3.57. The fourth-order valence-corrected chi connectivity index (χ4v) is 2.66. The molecule has 0 saturated heterocycles. The lowest BCUT2D eigenvalue weighted by Crippen LogP contribution is -2.31. The van der Waals surface area contributed by atoms with Crippen LogP contribution in [0.2, 0.25) is 0 Å². The molecule has 0 unspecified atom stereocenters. The maximum absolute atomic E-state index is 12.9. The van der Waals surface area contributed by atoms with Crippen molar-refractivity contribution in [2.24, 2.45) is 0 Å². The van der Waals surface area contributed by atoms with Crippen molar-refractivity contribution in [3.63, 3.8) is 0 Å². The summed E-state index contributed by atoms with van der Waals surface area (Å²) in [5.41, 5.74) is -0.602. The average Bonchev–Trinajstić information content (AvgIpc) is 3.00. The zero-order valence-electron chi connectivity index (χ0n) is 15.0. The van der Waals surface area contributed by atoms with Crippen LogP contribution >= 0.6 is 0 Å². The van der Waals surface area contributed by atoms with Gasteiger partial charge in [-0.25, -0.2) is 4.98 Å². The largest absolute Gasteiger partial charge is 0.416 e. The van der Waals surface area contributed by atoms with E-state index in [1.54, 1.807) is 38.2 Å². The number of alkyl halides is 3. The second kappa shape index (κ2) is 7.34. The Balaban J connectivity index is 1.96. The molecule has 3 aromatic rings. The van der Waals surface area contributed by atoms with Crippen LogP contribution in [0, 0.1) is 0 Å². The van der Waals surface area contributed by atoms with E-state index >= 15 is 0 Å². The Hall–Kier alpha value is -3.36. The number of carbonyl (C=O) groups excluding carboxylic acids is 2. The summed E-state index contributed by atoms with van der Waals surface area (Å²) in [6, 6.07) is 9.10. The van der Waals surface area contributed by atoms with E-state index in [-0.39, 0.29) is 23.2 Å². The third-order valence-electron chi connectivity index (χ3n) is 3.83. The van der Waals surface area contributed by atoms with Crippen LogP contribution in [0.15, 0.2) is 48.7 Å². The van der Waals surface area contributed by atoms with Crippen molar-refractivity contribution in [3.8, 4) is 0 Å². The van der Waals surface area contributed by atoms with Gasteiger partial charge in [0.05, 0.1) is 11.1 Å². The molecular weight excluding hydrogens is 373 g/mol. The molecule has 28 heavy (non-hydrogen) atoms. The highest BCUT2D eigenvalue weighted by molar-refractivity contribution is 6.09. The van der Waals surface area contributed by atoms with Gasteiger partial charge in [0.2, 0.25) is 5.82 Å². The molecule has 0 spiro atoms. The Kier molecular flexibility index (Phi) is 5.08. The molecule has 0 bridgehead atoms. The van der Waals surface area contributed by atoms with Crippen molar-refractivity contribution in [1.29, 1.82) is 0 Å². The average molecular weight is 390 g/mol. The molecule has 146 valence electrons. The smallest absolute Gasteiger partial charge is 0.347 e. The Morgan fingerprint density at radius 3 is 2.50 bits per heavy atom. The molecule has 6 nitrogen and oxygen atoms in total. The number of aromatic nitrogens is 2. The summed E-state index contributed by atoms with van der Waals surface area (Å²) in [5, 5.41) is 5.11. The van der Waals surface area contributed by atoms with E-state index in [1.165, 1.54) is 16.5 Å². The van der Waals surface area contributed by atoms with Crippen molar-refractivity contribution < 1.29 is 22.8 Å². The molecule has 1 aromatic carbocycles. The van der Waals surface area contributed by atoms with E-state index in [9.17, 15) is 22.8 Å². The van der Waals surface area contributed by atoms with Gasteiger partial charge in [-0.15, -0.1) is 0 Å². The van der Waals surface area contributed by atoms with Crippen LogP contribution in [0.5, 0.6) is 0 Å². The SMILES string of the molecule is CC(C)NC(=O)c1nc(C(=O)Nc2cccc(C(F)(F)F)c2)c2ccccn12. The van der Waals surface area contributed by atoms with Crippen molar-refractivity contribution in [2.45, 2.75) is 26.1 Å². The third-order valence-corrected chi connectivity index (χ3v) is 3.83. The van der Waals surface area contributed by atoms with E-state index in [0.717, 1.165) is 12.1 Å². The number of imidazole rings is 1. The molecule has 2 amide bonds. The Morgan fingerprint density at radius 2 is 1.82 bits per heavy atom. The Labute approximate surface area is 158 Å². The second-order valence-corrected chi connectivity index (χ2v) is 6.40. The number of benzene rings is 1. The van der Waals surface area contributed by atoms with Gasteiger partial charge in [0, 0.05) is 17.9 Å². The van der Waals surface area contributed by atoms with E-state index in [1.807, 2.05) is 0 Å². The number of nitrogens with zero attached hydrogens (tertiary/aromatic N) is 2. The van der Waals surface area contributed by atoms with Gasteiger partial charge in [-0.2, -0.15) is 13.2 Å². The molecule has 2 N–H and O–H groups in total. The topological polar surface area (TPSA) is 75.5 Å². The molecule has 2 aromatic heterocycles. The minimum atomic E-state index is -4.52. The van der Waals surface area contributed by atoms with Crippen LogP contribution in [0.4, 0.5) is 18.9 Å². The van der Waals surface area contributed by atoms with Gasteiger partial charge < -0.3 is 10.6 Å². The summed E-state index contributed by atoms with van der Waals surface area (Å²) < 4.78 is 40.0. The fraction of sp³-hybridized carbons (Fsp3) is 0.211. The number of anilines is 1. The van der Waals surface area contributed by atoms with Crippen molar-refractivity contribution in [3.05, 3.63) is 65.7 Å². The molecule has 0 aliphatic rings. The molecule has 0 aliphatic carbocycles. The monoisotopic (exact) mass is 390 g/mol. The van der Waals surface area contributed by atoms with Crippen molar-refractivity contribution in [2.75, 3.05) is 5.32 Å². The zero-order chi connectivity index (χ0) is 20.5. The second-order valence-electron chi connectivity index (χ2n) is 6.40. The standard InChI is InChI=1S/C19H17F3N4O2/c1-11(2)23-18(28)16-25-15(14-8-3-4-9-26(14)16)17(27)24-13-7-5-6-12(10-13)19(20,21)22/h3-11H,1-2H3,(H,23,28)(H,24,27). The number of fused-ring (bicyclic) bond motifs is 1. The normalized spacial score (nSPS) is 11.6. The summed E-state index contributed by atoms with van der Waals surface area (Å²) in [7, 11) is 0. The molecule has 2 heterocycles. The number of nitrogens with one attached hydrogen (secondary N) is 2. The lowest BCUT2D eigenvalue weighted by atomic mass is 10.2. The summed E-state index contributed by atoms with van der Waals surface area (Å²) in [4.78, 5) is 29.1. The minimum Gasteiger partial charge on any atom is -0.347 e. The first-order valence-electron chi connectivity index (χ1n) is 8.43. The Bertz CT molecular complexity index is 1040.